The van der Waals surface area contributed by atoms with Crippen LogP contribution in [0.2, 0.25) is 0 Å². The van der Waals surface area contributed by atoms with Gasteiger partial charge in [0.1, 0.15) is 0 Å². The van der Waals surface area contributed by atoms with Gasteiger partial charge in [-0.2, -0.15) is 0 Å². The summed E-state index contributed by atoms with van der Waals surface area (Å²) in [5.41, 5.74) is 5.53. The van der Waals surface area contributed by atoms with Crippen molar-refractivity contribution >= 4 is 6.08 Å². The van der Waals surface area contributed by atoms with Gasteiger partial charge in [-0.05, 0) is 27.7 Å². The maximum absolute atomic E-state index is 2.48. The number of nitrogens with zero attached hydrogens (tertiary/aromatic N) is 1. The van der Waals surface area contributed by atoms with Gasteiger partial charge in [0, 0.05) is 19.6 Å². The molecule has 0 aliphatic rings. The first-order valence-electron chi connectivity index (χ1n) is 10.1. The van der Waals surface area contributed by atoms with Gasteiger partial charge in [0.25, 0.3) is 0 Å². The van der Waals surface area contributed by atoms with E-state index in [1.165, 1.54) is 22.3 Å². The van der Waals surface area contributed by atoms with Crippen molar-refractivity contribution in [2.24, 2.45) is 0 Å². The number of rotatable bonds is 7. The van der Waals surface area contributed by atoms with Gasteiger partial charge in [0.15, 0.2) is 0 Å². The Kier molecular flexibility index (Phi) is 6.84. The van der Waals surface area contributed by atoms with Crippen LogP contribution in [0.4, 0.5) is 0 Å². The largest absolute Gasteiger partial charge is 0.291 e. The Labute approximate surface area is 170 Å². The molecule has 1 nitrogen and oxygen atoms in total. The molecule has 0 N–H and O–H groups in total. The lowest BCUT2D eigenvalue weighted by molar-refractivity contribution is 0.286. The van der Waals surface area contributed by atoms with Crippen molar-refractivity contribution in [3.05, 3.63) is 113 Å². The molecule has 28 heavy (non-hydrogen) atoms. The predicted octanol–water partition coefficient (Wildman–Crippen LogP) is 6.70. The van der Waals surface area contributed by atoms with Crippen LogP contribution >= 0.6 is 0 Å². The Morgan fingerprint density at radius 1 is 0.679 bits per heavy atom. The summed E-state index contributed by atoms with van der Waals surface area (Å²) in [7, 11) is 0. The fourth-order valence-corrected chi connectivity index (χ4v) is 3.30. The van der Waals surface area contributed by atoms with Crippen molar-refractivity contribution in [2.75, 3.05) is 6.54 Å². The Morgan fingerprint density at radius 3 is 1.64 bits per heavy atom. The van der Waals surface area contributed by atoms with E-state index >= 15 is 0 Å². The van der Waals surface area contributed by atoms with E-state index in [1.54, 1.807) is 0 Å². The van der Waals surface area contributed by atoms with Gasteiger partial charge in [0.05, 0.1) is 0 Å². The quantitative estimate of drug-likeness (QED) is 0.448. The summed E-state index contributed by atoms with van der Waals surface area (Å²) < 4.78 is 0. The predicted molar refractivity (Wildman–Crippen MR) is 121 cm³/mol. The molecule has 0 bridgehead atoms. The van der Waals surface area contributed by atoms with E-state index in [2.05, 4.69) is 123 Å². The average Bonchev–Trinajstić information content (AvgIpc) is 2.69. The van der Waals surface area contributed by atoms with Gasteiger partial charge in [0.2, 0.25) is 0 Å². The smallest absolute Gasteiger partial charge is 0.0240 e. The second-order valence-corrected chi connectivity index (χ2v) is 8.42. The van der Waals surface area contributed by atoms with Crippen LogP contribution in [0.5, 0.6) is 0 Å². The Morgan fingerprint density at radius 2 is 1.18 bits per heavy atom. The topological polar surface area (TPSA) is 3.24 Å². The minimum Gasteiger partial charge on any atom is -0.291 e. The standard InChI is InChI=1S/C27H31N/c1-27(2,3)26-18-16-23(17-19-26)15-10-20-28(21-24-11-6-4-7-12-24)22-25-13-8-5-9-14-25/h4-19H,20-22H2,1-3H3/b15-10-. The molecule has 0 atom stereocenters. The van der Waals surface area contributed by atoms with E-state index in [0.29, 0.717) is 0 Å². The molecule has 1 heteroatoms. The Bertz CT molecular complexity index is 814. The normalized spacial score (nSPS) is 12.0. The lowest BCUT2D eigenvalue weighted by Crippen LogP contribution is -2.22. The maximum Gasteiger partial charge on any atom is 0.0240 e. The van der Waals surface area contributed by atoms with E-state index in [-0.39, 0.29) is 5.41 Å². The molecule has 0 saturated carbocycles. The van der Waals surface area contributed by atoms with Crippen molar-refractivity contribution in [2.45, 2.75) is 39.3 Å². The monoisotopic (exact) mass is 369 g/mol. The summed E-state index contributed by atoms with van der Waals surface area (Å²) in [4.78, 5) is 2.48. The number of benzene rings is 3. The zero-order valence-corrected chi connectivity index (χ0v) is 17.3. The minimum absolute atomic E-state index is 0.199. The molecular weight excluding hydrogens is 338 g/mol. The molecule has 0 spiro atoms. The van der Waals surface area contributed by atoms with Gasteiger partial charge in [-0.3, -0.25) is 4.90 Å². The molecular formula is C27H31N. The maximum atomic E-state index is 2.48. The van der Waals surface area contributed by atoms with E-state index in [4.69, 9.17) is 0 Å². The van der Waals surface area contributed by atoms with Crippen LogP contribution in [-0.4, -0.2) is 11.4 Å². The van der Waals surface area contributed by atoms with Crippen molar-refractivity contribution in [1.82, 2.24) is 4.90 Å². The van der Waals surface area contributed by atoms with E-state index < -0.39 is 0 Å². The molecule has 0 radical (unpaired) electrons. The molecule has 0 fully saturated rings. The van der Waals surface area contributed by atoms with E-state index in [9.17, 15) is 0 Å². The first-order chi connectivity index (χ1) is 13.5. The van der Waals surface area contributed by atoms with Crippen molar-refractivity contribution < 1.29 is 0 Å². The van der Waals surface area contributed by atoms with Gasteiger partial charge in [-0.15, -0.1) is 0 Å². The van der Waals surface area contributed by atoms with E-state index in [0.717, 1.165) is 19.6 Å². The summed E-state index contributed by atoms with van der Waals surface area (Å²) in [5.74, 6) is 0. The fourth-order valence-electron chi connectivity index (χ4n) is 3.30. The van der Waals surface area contributed by atoms with Gasteiger partial charge >= 0.3 is 0 Å². The van der Waals surface area contributed by atoms with E-state index in [1.807, 2.05) is 0 Å². The van der Waals surface area contributed by atoms with Gasteiger partial charge < -0.3 is 0 Å². The summed E-state index contributed by atoms with van der Waals surface area (Å²) in [5, 5.41) is 0. The van der Waals surface area contributed by atoms with Crippen molar-refractivity contribution in [3.63, 3.8) is 0 Å². The van der Waals surface area contributed by atoms with Crippen molar-refractivity contribution in [1.29, 1.82) is 0 Å². The molecule has 0 amide bonds. The highest BCUT2D eigenvalue weighted by atomic mass is 15.1. The zero-order chi connectivity index (χ0) is 19.8. The Balaban J connectivity index is 1.67. The molecule has 3 rings (SSSR count). The highest BCUT2D eigenvalue weighted by Gasteiger charge is 2.12. The second-order valence-electron chi connectivity index (χ2n) is 8.42. The zero-order valence-electron chi connectivity index (χ0n) is 17.3. The molecule has 0 aromatic heterocycles. The molecule has 0 aliphatic heterocycles. The SMILES string of the molecule is CC(C)(C)c1ccc(/C=C\CN(Cc2ccccc2)Cc2ccccc2)cc1. The highest BCUT2D eigenvalue weighted by Crippen LogP contribution is 2.22. The first-order valence-corrected chi connectivity index (χ1v) is 10.1. The first kappa shape index (κ1) is 20.1. The van der Waals surface area contributed by atoms with Crippen molar-refractivity contribution in [3.8, 4) is 0 Å². The Hall–Kier alpha value is -2.64. The summed E-state index contributed by atoms with van der Waals surface area (Å²) in [6, 6.07) is 30.3. The number of hydrogen-bond acceptors (Lipinski definition) is 1. The molecule has 3 aromatic rings. The highest BCUT2D eigenvalue weighted by molar-refractivity contribution is 5.50. The number of hydrogen-bond donors (Lipinski definition) is 0. The van der Waals surface area contributed by atoms with Gasteiger partial charge in [-0.25, -0.2) is 0 Å². The molecule has 3 aromatic carbocycles. The third kappa shape index (κ3) is 6.21. The molecule has 0 unspecified atom stereocenters. The second kappa shape index (κ2) is 9.52. The summed E-state index contributed by atoms with van der Waals surface area (Å²) >= 11 is 0. The lowest BCUT2D eigenvalue weighted by atomic mass is 9.87. The van der Waals surface area contributed by atoms with Crippen LogP contribution in [0.1, 0.15) is 43.0 Å². The van der Waals surface area contributed by atoms with Crippen LogP contribution in [-0.2, 0) is 18.5 Å². The third-order valence-electron chi connectivity index (χ3n) is 4.95. The van der Waals surface area contributed by atoms with Crippen LogP contribution in [0.15, 0.2) is 91.0 Å². The third-order valence-corrected chi connectivity index (χ3v) is 4.95. The fraction of sp³-hybridized carbons (Fsp3) is 0.259. The lowest BCUT2D eigenvalue weighted by Gasteiger charge is -2.21. The van der Waals surface area contributed by atoms with Crippen LogP contribution in [0.25, 0.3) is 6.08 Å². The van der Waals surface area contributed by atoms with Crippen LogP contribution < -0.4 is 0 Å². The van der Waals surface area contributed by atoms with Gasteiger partial charge in [-0.1, -0.05) is 118 Å². The summed E-state index contributed by atoms with van der Waals surface area (Å²) in [6.07, 6.45) is 4.51. The molecule has 0 saturated heterocycles. The molecule has 144 valence electrons. The van der Waals surface area contributed by atoms with Crippen LogP contribution in [0.3, 0.4) is 0 Å². The summed E-state index contributed by atoms with van der Waals surface area (Å²) in [6.45, 7) is 9.57. The molecule has 0 heterocycles. The molecule has 0 aliphatic carbocycles. The van der Waals surface area contributed by atoms with Crippen LogP contribution in [0, 0.1) is 0 Å². The average molecular weight is 370 g/mol. The minimum atomic E-state index is 0.199.